The Morgan fingerprint density at radius 3 is 2.35 bits per heavy atom. The van der Waals surface area contributed by atoms with Crippen molar-refractivity contribution < 1.29 is 24.0 Å². The van der Waals surface area contributed by atoms with E-state index < -0.39 is 16.9 Å². The van der Waals surface area contributed by atoms with Crippen LogP contribution in [0, 0.1) is 10.1 Å². The Balaban J connectivity index is 2.17. The average Bonchev–Trinajstić information content (AvgIpc) is 2.55. The Morgan fingerprint density at radius 1 is 1.04 bits per heavy atom. The lowest BCUT2D eigenvalue weighted by Gasteiger charge is -2.06. The minimum absolute atomic E-state index is 0.0423. The van der Waals surface area contributed by atoms with E-state index in [0.29, 0.717) is 0 Å². The fraction of sp³-hybridized carbons (Fsp3) is 0.125. The number of carbonyl (C=O) groups is 2. The minimum atomic E-state index is -0.755. The molecule has 0 saturated heterocycles. The fourth-order valence-corrected chi connectivity index (χ4v) is 1.81. The van der Waals surface area contributed by atoms with Gasteiger partial charge in [-0.05, 0) is 31.2 Å². The number of esters is 2. The number of nitro groups is 1. The smallest absolute Gasteiger partial charge is 0.343 e. The molecule has 2 aromatic carbocycles. The molecule has 0 aliphatic rings. The molecule has 2 aromatic rings. The van der Waals surface area contributed by atoms with Crippen molar-refractivity contribution in [2.45, 2.75) is 6.92 Å². The summed E-state index contributed by atoms with van der Waals surface area (Å²) in [5, 5.41) is 10.7. The summed E-state index contributed by atoms with van der Waals surface area (Å²) in [7, 11) is 0. The summed E-state index contributed by atoms with van der Waals surface area (Å²) in [6.45, 7) is 1.92. The van der Waals surface area contributed by atoms with E-state index in [4.69, 9.17) is 9.47 Å². The number of hydrogen-bond donors (Lipinski definition) is 0. The molecule has 0 radical (unpaired) electrons. The van der Waals surface area contributed by atoms with E-state index in [9.17, 15) is 19.7 Å². The number of rotatable bonds is 5. The quantitative estimate of drug-likeness (QED) is 0.364. The fourth-order valence-electron chi connectivity index (χ4n) is 1.81. The third-order valence-corrected chi connectivity index (χ3v) is 2.85. The molecule has 0 fully saturated rings. The van der Waals surface area contributed by atoms with E-state index in [1.165, 1.54) is 36.4 Å². The Labute approximate surface area is 131 Å². The maximum absolute atomic E-state index is 12.0. The summed E-state index contributed by atoms with van der Waals surface area (Å²) in [6, 6.07) is 11.1. The zero-order valence-electron chi connectivity index (χ0n) is 12.2. The molecule has 0 amide bonds. The molecule has 0 aliphatic carbocycles. The van der Waals surface area contributed by atoms with Gasteiger partial charge in [0.2, 0.25) is 0 Å². The molecule has 0 atom stereocenters. The molecule has 23 heavy (non-hydrogen) atoms. The first kappa shape index (κ1) is 16.2. The van der Waals surface area contributed by atoms with Crippen LogP contribution in [0.15, 0.2) is 48.5 Å². The second-order valence-electron chi connectivity index (χ2n) is 4.45. The second-order valence-corrected chi connectivity index (χ2v) is 4.45. The summed E-state index contributed by atoms with van der Waals surface area (Å²) in [6.07, 6.45) is 0. The molecule has 0 aliphatic heterocycles. The second kappa shape index (κ2) is 7.17. The Kier molecular flexibility index (Phi) is 5.03. The summed E-state index contributed by atoms with van der Waals surface area (Å²) >= 11 is 0. The van der Waals surface area contributed by atoms with Gasteiger partial charge in [-0.1, -0.05) is 12.1 Å². The van der Waals surface area contributed by atoms with Gasteiger partial charge in [0.15, 0.2) is 0 Å². The Hall–Kier alpha value is -3.22. The zero-order chi connectivity index (χ0) is 16.8. The van der Waals surface area contributed by atoms with Crippen molar-refractivity contribution in [1.29, 1.82) is 0 Å². The molecule has 0 heterocycles. The maximum atomic E-state index is 12.0. The third kappa shape index (κ3) is 4.13. The van der Waals surface area contributed by atoms with E-state index in [1.54, 1.807) is 13.0 Å². The molecule has 0 unspecified atom stereocenters. The lowest BCUT2D eigenvalue weighted by molar-refractivity contribution is -0.384. The van der Waals surface area contributed by atoms with Gasteiger partial charge in [0.25, 0.3) is 5.69 Å². The average molecular weight is 315 g/mol. The van der Waals surface area contributed by atoms with Gasteiger partial charge in [0.05, 0.1) is 22.7 Å². The first-order chi connectivity index (χ1) is 11.0. The molecule has 0 bridgehead atoms. The molecule has 0 saturated carbocycles. The number of nitrogens with zero attached hydrogens (tertiary/aromatic N) is 1. The van der Waals surface area contributed by atoms with Crippen LogP contribution in [0.3, 0.4) is 0 Å². The van der Waals surface area contributed by atoms with Crippen molar-refractivity contribution in [2.24, 2.45) is 0 Å². The highest BCUT2D eigenvalue weighted by atomic mass is 16.6. The van der Waals surface area contributed by atoms with Crippen molar-refractivity contribution in [3.05, 3.63) is 69.8 Å². The third-order valence-electron chi connectivity index (χ3n) is 2.85. The molecule has 7 nitrogen and oxygen atoms in total. The highest BCUT2D eigenvalue weighted by Gasteiger charge is 2.14. The first-order valence-corrected chi connectivity index (χ1v) is 6.75. The monoisotopic (exact) mass is 315 g/mol. The Bertz CT molecular complexity index is 756. The van der Waals surface area contributed by atoms with Crippen molar-refractivity contribution in [2.75, 3.05) is 6.61 Å². The standard InChI is InChI=1S/C16H13NO6/c1-2-22-15(18)12-6-4-8-14(10-12)23-16(19)11-5-3-7-13(9-11)17(20)21/h3-10H,2H2,1H3. The lowest BCUT2D eigenvalue weighted by atomic mass is 10.2. The number of carbonyl (C=O) groups excluding carboxylic acids is 2. The van der Waals surface area contributed by atoms with Crippen molar-refractivity contribution in [1.82, 2.24) is 0 Å². The number of ether oxygens (including phenoxy) is 2. The summed E-state index contributed by atoms with van der Waals surface area (Å²) in [5.41, 5.74) is 0.0802. The van der Waals surface area contributed by atoms with Crippen LogP contribution < -0.4 is 4.74 Å². The minimum Gasteiger partial charge on any atom is -0.462 e. The summed E-state index contributed by atoms with van der Waals surface area (Å²) in [5.74, 6) is -1.14. The van der Waals surface area contributed by atoms with E-state index in [-0.39, 0.29) is 29.2 Å². The molecule has 0 N–H and O–H groups in total. The van der Waals surface area contributed by atoms with Crippen LogP contribution in [0.5, 0.6) is 5.75 Å². The van der Waals surface area contributed by atoms with Gasteiger partial charge < -0.3 is 9.47 Å². The predicted molar refractivity (Wildman–Crippen MR) is 80.5 cm³/mol. The van der Waals surface area contributed by atoms with Gasteiger partial charge in [-0.25, -0.2) is 9.59 Å². The van der Waals surface area contributed by atoms with E-state index >= 15 is 0 Å². The van der Waals surface area contributed by atoms with Crippen LogP contribution >= 0.6 is 0 Å². The van der Waals surface area contributed by atoms with Crippen molar-refractivity contribution in [3.63, 3.8) is 0 Å². The zero-order valence-corrected chi connectivity index (χ0v) is 12.2. The first-order valence-electron chi connectivity index (χ1n) is 6.75. The van der Waals surface area contributed by atoms with Crippen molar-refractivity contribution in [3.8, 4) is 5.75 Å². The highest BCUT2D eigenvalue weighted by Crippen LogP contribution is 2.18. The summed E-state index contributed by atoms with van der Waals surface area (Å²) in [4.78, 5) is 33.8. The van der Waals surface area contributed by atoms with Crippen LogP contribution in [0.1, 0.15) is 27.6 Å². The van der Waals surface area contributed by atoms with Crippen LogP contribution in [-0.2, 0) is 4.74 Å². The summed E-state index contributed by atoms with van der Waals surface area (Å²) < 4.78 is 10.00. The lowest BCUT2D eigenvalue weighted by Crippen LogP contribution is -2.10. The SMILES string of the molecule is CCOC(=O)c1cccc(OC(=O)c2cccc([N+](=O)[O-])c2)c1. The van der Waals surface area contributed by atoms with Gasteiger partial charge in [0.1, 0.15) is 5.75 Å². The normalized spacial score (nSPS) is 9.96. The highest BCUT2D eigenvalue weighted by molar-refractivity contribution is 5.93. The molecule has 2 rings (SSSR count). The topological polar surface area (TPSA) is 95.7 Å². The number of nitro benzene ring substituents is 1. The van der Waals surface area contributed by atoms with Gasteiger partial charge in [-0.15, -0.1) is 0 Å². The van der Waals surface area contributed by atoms with E-state index in [1.807, 2.05) is 0 Å². The van der Waals surface area contributed by atoms with Gasteiger partial charge in [-0.2, -0.15) is 0 Å². The molecule has 118 valence electrons. The molecule has 7 heteroatoms. The van der Waals surface area contributed by atoms with Crippen LogP contribution in [0.25, 0.3) is 0 Å². The molecule has 0 aromatic heterocycles. The number of benzene rings is 2. The van der Waals surface area contributed by atoms with Gasteiger partial charge in [0, 0.05) is 12.1 Å². The number of hydrogen-bond acceptors (Lipinski definition) is 6. The van der Waals surface area contributed by atoms with Crippen LogP contribution in [0.4, 0.5) is 5.69 Å². The largest absolute Gasteiger partial charge is 0.462 e. The van der Waals surface area contributed by atoms with Crippen LogP contribution in [-0.4, -0.2) is 23.5 Å². The van der Waals surface area contributed by atoms with Gasteiger partial charge in [-0.3, -0.25) is 10.1 Å². The molecular weight excluding hydrogens is 302 g/mol. The Morgan fingerprint density at radius 2 is 1.70 bits per heavy atom. The molecular formula is C16H13NO6. The molecule has 0 spiro atoms. The van der Waals surface area contributed by atoms with E-state index in [2.05, 4.69) is 0 Å². The maximum Gasteiger partial charge on any atom is 0.343 e. The number of non-ortho nitro benzene ring substituents is 1. The van der Waals surface area contributed by atoms with Crippen LogP contribution in [0.2, 0.25) is 0 Å². The van der Waals surface area contributed by atoms with E-state index in [0.717, 1.165) is 6.07 Å². The van der Waals surface area contributed by atoms with Gasteiger partial charge >= 0.3 is 11.9 Å². The predicted octanol–water partition coefficient (Wildman–Crippen LogP) is 2.99. The van der Waals surface area contributed by atoms with Crippen molar-refractivity contribution >= 4 is 17.6 Å².